The molecule has 1 amide bonds. The Morgan fingerprint density at radius 1 is 1.09 bits per heavy atom. The molecule has 2 N–H and O–H groups in total. The van der Waals surface area contributed by atoms with Crippen LogP contribution in [0.3, 0.4) is 0 Å². The van der Waals surface area contributed by atoms with E-state index in [4.69, 9.17) is 0 Å². The van der Waals surface area contributed by atoms with Gasteiger partial charge in [0.1, 0.15) is 6.54 Å². The smallest absolute Gasteiger partial charge is 0.253 e. The Bertz CT molecular complexity index is 577. The Balaban J connectivity index is 1.87. The van der Waals surface area contributed by atoms with Crippen molar-refractivity contribution in [2.45, 2.75) is 26.9 Å². The van der Waals surface area contributed by atoms with Gasteiger partial charge in [-0.1, -0.05) is 24.3 Å². The quantitative estimate of drug-likeness (QED) is 0.812. The lowest BCUT2D eigenvalue weighted by atomic mass is 10.1. The fourth-order valence-corrected chi connectivity index (χ4v) is 2.35. The highest BCUT2D eigenvalue weighted by Crippen LogP contribution is 2.04. The molecule has 0 fully saturated rings. The third-order valence-electron chi connectivity index (χ3n) is 3.85. The maximum Gasteiger partial charge on any atom is 0.253 e. The number of rotatable bonds is 7. The van der Waals surface area contributed by atoms with Gasteiger partial charge < -0.3 is 10.2 Å². The second kappa shape index (κ2) is 8.29. The summed E-state index contributed by atoms with van der Waals surface area (Å²) in [4.78, 5) is 17.5. The first kappa shape index (κ1) is 16.2. The van der Waals surface area contributed by atoms with Crippen LogP contribution in [0.5, 0.6) is 0 Å². The Morgan fingerprint density at radius 2 is 1.77 bits per heavy atom. The van der Waals surface area contributed by atoms with Gasteiger partial charge in [-0.3, -0.25) is 9.78 Å². The van der Waals surface area contributed by atoms with Gasteiger partial charge in [0.15, 0.2) is 0 Å². The number of amides is 1. The van der Waals surface area contributed by atoms with Gasteiger partial charge >= 0.3 is 0 Å². The van der Waals surface area contributed by atoms with Crippen molar-refractivity contribution in [3.63, 3.8) is 0 Å². The standard InChI is InChI=1S/C18H23N3O/c1-3-21(4-2)14-16-9-7-15(8-10-16)12-20-18(22)17-6-5-11-19-13-17/h5-11,13H,3-4,12,14H2,1-2H3,(H,20,22)/p+1. The molecule has 0 aliphatic carbocycles. The van der Waals surface area contributed by atoms with E-state index >= 15 is 0 Å². The van der Waals surface area contributed by atoms with Gasteiger partial charge in [0.2, 0.25) is 0 Å². The summed E-state index contributed by atoms with van der Waals surface area (Å²) < 4.78 is 0. The molecule has 0 aliphatic heterocycles. The van der Waals surface area contributed by atoms with Crippen molar-refractivity contribution in [3.8, 4) is 0 Å². The minimum Gasteiger partial charge on any atom is -0.348 e. The molecule has 0 radical (unpaired) electrons. The third-order valence-corrected chi connectivity index (χ3v) is 3.85. The van der Waals surface area contributed by atoms with Gasteiger partial charge in [-0.05, 0) is 31.5 Å². The van der Waals surface area contributed by atoms with Gasteiger partial charge in [0.25, 0.3) is 5.91 Å². The van der Waals surface area contributed by atoms with E-state index in [2.05, 4.69) is 48.4 Å². The highest BCUT2D eigenvalue weighted by Gasteiger charge is 2.06. The summed E-state index contributed by atoms with van der Waals surface area (Å²) in [5.41, 5.74) is 3.03. The number of aromatic nitrogens is 1. The molecular weight excluding hydrogens is 274 g/mol. The van der Waals surface area contributed by atoms with Gasteiger partial charge in [-0.2, -0.15) is 0 Å². The van der Waals surface area contributed by atoms with E-state index in [0.29, 0.717) is 12.1 Å². The van der Waals surface area contributed by atoms with Gasteiger partial charge in [0.05, 0.1) is 18.7 Å². The van der Waals surface area contributed by atoms with Crippen LogP contribution in [0.2, 0.25) is 0 Å². The van der Waals surface area contributed by atoms with Crippen molar-refractivity contribution in [1.29, 1.82) is 0 Å². The maximum absolute atomic E-state index is 12.0. The number of nitrogens with zero attached hydrogens (tertiary/aromatic N) is 1. The van der Waals surface area contributed by atoms with E-state index in [1.165, 1.54) is 5.56 Å². The highest BCUT2D eigenvalue weighted by molar-refractivity contribution is 5.93. The van der Waals surface area contributed by atoms with Gasteiger partial charge in [-0.15, -0.1) is 0 Å². The molecule has 0 spiro atoms. The second-order valence-electron chi connectivity index (χ2n) is 5.37. The van der Waals surface area contributed by atoms with Crippen molar-refractivity contribution >= 4 is 5.91 Å². The number of quaternary nitrogens is 1. The van der Waals surface area contributed by atoms with Crippen molar-refractivity contribution in [2.75, 3.05) is 13.1 Å². The summed E-state index contributed by atoms with van der Waals surface area (Å²) in [6.07, 6.45) is 3.23. The van der Waals surface area contributed by atoms with Crippen LogP contribution < -0.4 is 10.2 Å². The summed E-state index contributed by atoms with van der Waals surface area (Å²) in [7, 11) is 0. The Hall–Kier alpha value is -2.20. The average molecular weight is 298 g/mol. The van der Waals surface area contributed by atoms with Crippen LogP contribution in [0, 0.1) is 0 Å². The summed E-state index contributed by atoms with van der Waals surface area (Å²) >= 11 is 0. The Morgan fingerprint density at radius 3 is 2.36 bits per heavy atom. The predicted molar refractivity (Wildman–Crippen MR) is 87.6 cm³/mol. The van der Waals surface area contributed by atoms with Crippen molar-refractivity contribution in [1.82, 2.24) is 10.3 Å². The van der Waals surface area contributed by atoms with E-state index in [0.717, 1.165) is 25.2 Å². The zero-order chi connectivity index (χ0) is 15.8. The minimum absolute atomic E-state index is 0.0928. The summed E-state index contributed by atoms with van der Waals surface area (Å²) in [5.74, 6) is -0.0928. The van der Waals surface area contributed by atoms with E-state index in [9.17, 15) is 4.79 Å². The Labute approximate surface area is 132 Å². The van der Waals surface area contributed by atoms with Crippen LogP contribution in [-0.2, 0) is 13.1 Å². The SMILES string of the molecule is CC[NH+](CC)Cc1ccc(CNC(=O)c2cccnc2)cc1. The monoisotopic (exact) mass is 298 g/mol. The molecule has 4 heteroatoms. The molecule has 1 aromatic carbocycles. The van der Waals surface area contributed by atoms with E-state index in [1.54, 1.807) is 29.4 Å². The number of nitrogens with one attached hydrogen (secondary N) is 2. The molecule has 22 heavy (non-hydrogen) atoms. The van der Waals surface area contributed by atoms with Crippen LogP contribution in [-0.4, -0.2) is 24.0 Å². The summed E-state index contributed by atoms with van der Waals surface area (Å²) in [6.45, 7) is 8.28. The molecule has 0 unspecified atom stereocenters. The molecule has 116 valence electrons. The molecule has 4 nitrogen and oxygen atoms in total. The molecule has 0 saturated carbocycles. The zero-order valence-corrected chi connectivity index (χ0v) is 13.3. The van der Waals surface area contributed by atoms with Crippen LogP contribution in [0.25, 0.3) is 0 Å². The number of benzene rings is 1. The number of carbonyl (C=O) groups excluding carboxylic acids is 1. The topological polar surface area (TPSA) is 46.4 Å². The number of hydrogen-bond donors (Lipinski definition) is 2. The first-order valence-corrected chi connectivity index (χ1v) is 7.82. The van der Waals surface area contributed by atoms with Gasteiger partial charge in [-0.25, -0.2) is 0 Å². The fraction of sp³-hybridized carbons (Fsp3) is 0.333. The largest absolute Gasteiger partial charge is 0.348 e. The molecule has 2 rings (SSSR count). The van der Waals surface area contributed by atoms with Crippen molar-refractivity contribution < 1.29 is 9.69 Å². The summed E-state index contributed by atoms with van der Waals surface area (Å²) in [6, 6.07) is 12.0. The van der Waals surface area contributed by atoms with Crippen molar-refractivity contribution in [3.05, 3.63) is 65.5 Å². The van der Waals surface area contributed by atoms with E-state index < -0.39 is 0 Å². The predicted octanol–water partition coefficient (Wildman–Crippen LogP) is 1.44. The lowest BCUT2D eigenvalue weighted by Crippen LogP contribution is -3.10. The van der Waals surface area contributed by atoms with Crippen LogP contribution in [0.4, 0.5) is 0 Å². The van der Waals surface area contributed by atoms with E-state index in [-0.39, 0.29) is 5.91 Å². The number of pyridine rings is 1. The van der Waals surface area contributed by atoms with Crippen LogP contribution in [0.1, 0.15) is 35.3 Å². The molecule has 1 aromatic heterocycles. The maximum atomic E-state index is 12.0. The normalized spacial score (nSPS) is 10.7. The summed E-state index contributed by atoms with van der Waals surface area (Å²) in [5, 5.41) is 2.91. The second-order valence-corrected chi connectivity index (χ2v) is 5.37. The lowest BCUT2D eigenvalue weighted by Gasteiger charge is -2.15. The fourth-order valence-electron chi connectivity index (χ4n) is 2.35. The van der Waals surface area contributed by atoms with Crippen LogP contribution in [0.15, 0.2) is 48.8 Å². The molecule has 0 atom stereocenters. The van der Waals surface area contributed by atoms with Crippen LogP contribution >= 0.6 is 0 Å². The number of carbonyl (C=O) groups is 1. The molecule has 2 aromatic rings. The first-order chi connectivity index (χ1) is 10.7. The number of hydrogen-bond acceptors (Lipinski definition) is 2. The molecular formula is C18H24N3O+. The first-order valence-electron chi connectivity index (χ1n) is 7.82. The van der Waals surface area contributed by atoms with E-state index in [1.807, 2.05) is 0 Å². The molecule has 1 heterocycles. The highest BCUT2D eigenvalue weighted by atomic mass is 16.1. The Kier molecular flexibility index (Phi) is 6.10. The lowest BCUT2D eigenvalue weighted by molar-refractivity contribution is -0.910. The molecule has 0 bridgehead atoms. The molecule has 0 aliphatic rings. The van der Waals surface area contributed by atoms with Crippen molar-refractivity contribution in [2.24, 2.45) is 0 Å². The molecule has 0 saturated heterocycles. The average Bonchev–Trinajstić information content (AvgIpc) is 2.59. The third kappa shape index (κ3) is 4.67. The zero-order valence-electron chi connectivity index (χ0n) is 13.3. The van der Waals surface area contributed by atoms with Gasteiger partial charge in [0, 0.05) is 24.5 Å². The minimum atomic E-state index is -0.0928.